The molecule has 0 heterocycles. The Balaban J connectivity index is 2.33. The molecule has 0 aromatic heterocycles. The average Bonchev–Trinajstić information content (AvgIpc) is 1.56. The van der Waals surface area contributed by atoms with Crippen LogP contribution in [0, 0.1) is 11.3 Å². The van der Waals surface area contributed by atoms with Crippen molar-refractivity contribution in [3.63, 3.8) is 0 Å². The topological polar surface area (TPSA) is 12.0 Å². The normalized spacial score (nSPS) is 20.7. The van der Waals surface area contributed by atoms with Gasteiger partial charge in [-0.15, -0.1) is 0 Å². The molecule has 1 rings (SSSR count). The summed E-state index contributed by atoms with van der Waals surface area (Å²) in [5.41, 5.74) is 0.535. The maximum Gasteiger partial charge on any atom is 0.000216 e. The second kappa shape index (κ2) is 2.91. The average molecular weight is 141 g/mol. The second-order valence-corrected chi connectivity index (χ2v) is 4.15. The van der Waals surface area contributed by atoms with Gasteiger partial charge in [0.1, 0.15) is 0 Å². The van der Waals surface area contributed by atoms with Crippen molar-refractivity contribution >= 4 is 0 Å². The van der Waals surface area contributed by atoms with E-state index in [0.717, 1.165) is 12.5 Å². The first-order valence-electron chi connectivity index (χ1n) is 4.31. The summed E-state index contributed by atoms with van der Waals surface area (Å²) in [6.07, 6.45) is 4.36. The molecule has 0 radical (unpaired) electrons. The van der Waals surface area contributed by atoms with Gasteiger partial charge in [0.25, 0.3) is 0 Å². The standard InChI is InChI=1S/C9H19N/c1-9(2,7-10-3)8-5-4-6-8/h8,10H,4-7H2,1-3H3. The Morgan fingerprint density at radius 1 is 1.40 bits per heavy atom. The van der Waals surface area contributed by atoms with Crippen molar-refractivity contribution in [3.8, 4) is 0 Å². The quantitative estimate of drug-likeness (QED) is 0.634. The third kappa shape index (κ3) is 1.51. The first-order chi connectivity index (χ1) is 4.67. The van der Waals surface area contributed by atoms with Crippen LogP contribution >= 0.6 is 0 Å². The number of hydrogen-bond acceptors (Lipinski definition) is 1. The van der Waals surface area contributed by atoms with Crippen molar-refractivity contribution in [2.24, 2.45) is 11.3 Å². The van der Waals surface area contributed by atoms with E-state index >= 15 is 0 Å². The monoisotopic (exact) mass is 141 g/mol. The summed E-state index contributed by atoms with van der Waals surface area (Å²) in [4.78, 5) is 0. The molecule has 0 bridgehead atoms. The van der Waals surface area contributed by atoms with Gasteiger partial charge in [-0.05, 0) is 31.2 Å². The van der Waals surface area contributed by atoms with Crippen molar-refractivity contribution in [2.75, 3.05) is 13.6 Å². The molecule has 0 saturated heterocycles. The van der Waals surface area contributed by atoms with Crippen LogP contribution in [0.1, 0.15) is 33.1 Å². The highest BCUT2D eigenvalue weighted by Gasteiger charge is 2.32. The molecule has 1 nitrogen and oxygen atoms in total. The lowest BCUT2D eigenvalue weighted by Gasteiger charge is -2.40. The van der Waals surface area contributed by atoms with Crippen molar-refractivity contribution in [1.29, 1.82) is 0 Å². The summed E-state index contributed by atoms with van der Waals surface area (Å²) >= 11 is 0. The van der Waals surface area contributed by atoms with E-state index < -0.39 is 0 Å². The van der Waals surface area contributed by atoms with Gasteiger partial charge in [0.15, 0.2) is 0 Å². The molecule has 0 atom stereocenters. The molecular weight excluding hydrogens is 122 g/mol. The molecule has 10 heavy (non-hydrogen) atoms. The molecule has 1 heteroatoms. The van der Waals surface area contributed by atoms with Gasteiger partial charge in [0.05, 0.1) is 0 Å². The highest BCUT2D eigenvalue weighted by molar-refractivity contribution is 4.85. The molecule has 1 saturated carbocycles. The van der Waals surface area contributed by atoms with E-state index in [2.05, 4.69) is 19.2 Å². The maximum atomic E-state index is 3.26. The van der Waals surface area contributed by atoms with Gasteiger partial charge in [0.2, 0.25) is 0 Å². The fourth-order valence-corrected chi connectivity index (χ4v) is 1.79. The van der Waals surface area contributed by atoms with Gasteiger partial charge in [-0.1, -0.05) is 20.3 Å². The van der Waals surface area contributed by atoms with Crippen LogP contribution in [0.25, 0.3) is 0 Å². The van der Waals surface area contributed by atoms with E-state index in [-0.39, 0.29) is 0 Å². The van der Waals surface area contributed by atoms with E-state index in [1.165, 1.54) is 19.3 Å². The third-order valence-electron chi connectivity index (χ3n) is 2.84. The lowest BCUT2D eigenvalue weighted by atomic mass is 9.67. The zero-order valence-corrected chi connectivity index (χ0v) is 7.41. The van der Waals surface area contributed by atoms with E-state index in [1.54, 1.807) is 0 Å². The Morgan fingerprint density at radius 3 is 2.30 bits per heavy atom. The Hall–Kier alpha value is -0.0400. The van der Waals surface area contributed by atoms with E-state index in [0.29, 0.717) is 5.41 Å². The smallest absolute Gasteiger partial charge is 0.000216 e. The minimum Gasteiger partial charge on any atom is -0.319 e. The molecule has 0 spiro atoms. The van der Waals surface area contributed by atoms with Crippen molar-refractivity contribution in [3.05, 3.63) is 0 Å². The van der Waals surface area contributed by atoms with Crippen LogP contribution < -0.4 is 5.32 Å². The van der Waals surface area contributed by atoms with Crippen molar-refractivity contribution < 1.29 is 0 Å². The summed E-state index contributed by atoms with van der Waals surface area (Å²) < 4.78 is 0. The zero-order valence-electron chi connectivity index (χ0n) is 7.41. The zero-order chi connectivity index (χ0) is 7.61. The van der Waals surface area contributed by atoms with Gasteiger partial charge >= 0.3 is 0 Å². The molecule has 0 aliphatic heterocycles. The molecular formula is C9H19N. The number of hydrogen-bond donors (Lipinski definition) is 1. The summed E-state index contributed by atoms with van der Waals surface area (Å²) in [7, 11) is 2.04. The van der Waals surface area contributed by atoms with E-state index in [1.807, 2.05) is 7.05 Å². The molecule has 60 valence electrons. The molecule has 1 fully saturated rings. The maximum absolute atomic E-state index is 3.26. The summed E-state index contributed by atoms with van der Waals surface area (Å²) in [6, 6.07) is 0. The van der Waals surface area contributed by atoms with Crippen molar-refractivity contribution in [1.82, 2.24) is 5.32 Å². The molecule has 1 aliphatic carbocycles. The minimum absolute atomic E-state index is 0.535. The molecule has 0 amide bonds. The predicted octanol–water partition coefficient (Wildman–Crippen LogP) is 2.03. The minimum atomic E-state index is 0.535. The number of nitrogens with one attached hydrogen (secondary N) is 1. The van der Waals surface area contributed by atoms with E-state index in [4.69, 9.17) is 0 Å². The van der Waals surface area contributed by atoms with Crippen LogP contribution in [0.4, 0.5) is 0 Å². The Morgan fingerprint density at radius 2 is 2.00 bits per heavy atom. The van der Waals surface area contributed by atoms with Crippen LogP contribution in [0.5, 0.6) is 0 Å². The summed E-state index contributed by atoms with van der Waals surface area (Å²) in [6.45, 7) is 5.90. The van der Waals surface area contributed by atoms with Crippen LogP contribution in [-0.2, 0) is 0 Å². The Bertz CT molecular complexity index is 103. The van der Waals surface area contributed by atoms with Gasteiger partial charge in [0, 0.05) is 6.54 Å². The SMILES string of the molecule is CNCC(C)(C)C1CCC1. The van der Waals surface area contributed by atoms with Gasteiger partial charge in [-0.25, -0.2) is 0 Å². The summed E-state index contributed by atoms with van der Waals surface area (Å²) in [5, 5.41) is 3.26. The molecule has 1 N–H and O–H groups in total. The Kier molecular flexibility index (Phi) is 2.35. The molecule has 0 aromatic carbocycles. The van der Waals surface area contributed by atoms with Crippen LogP contribution in [0.3, 0.4) is 0 Å². The lowest BCUT2D eigenvalue weighted by Crippen LogP contribution is -2.37. The summed E-state index contributed by atoms with van der Waals surface area (Å²) in [5.74, 6) is 0.986. The number of rotatable bonds is 3. The van der Waals surface area contributed by atoms with Gasteiger partial charge < -0.3 is 5.32 Å². The van der Waals surface area contributed by atoms with E-state index in [9.17, 15) is 0 Å². The van der Waals surface area contributed by atoms with Crippen LogP contribution in [-0.4, -0.2) is 13.6 Å². The van der Waals surface area contributed by atoms with Crippen LogP contribution in [0.2, 0.25) is 0 Å². The second-order valence-electron chi connectivity index (χ2n) is 4.15. The fraction of sp³-hybridized carbons (Fsp3) is 1.00. The molecule has 0 unspecified atom stereocenters. The third-order valence-corrected chi connectivity index (χ3v) is 2.84. The van der Waals surface area contributed by atoms with Gasteiger partial charge in [-0.2, -0.15) is 0 Å². The highest BCUT2D eigenvalue weighted by atomic mass is 14.8. The molecule has 1 aliphatic rings. The van der Waals surface area contributed by atoms with Gasteiger partial charge in [-0.3, -0.25) is 0 Å². The van der Waals surface area contributed by atoms with Crippen molar-refractivity contribution in [2.45, 2.75) is 33.1 Å². The first-order valence-corrected chi connectivity index (χ1v) is 4.31. The molecule has 0 aromatic rings. The van der Waals surface area contributed by atoms with Crippen LogP contribution in [0.15, 0.2) is 0 Å². The first kappa shape index (κ1) is 8.06. The Labute approximate surface area is 64.2 Å². The highest BCUT2D eigenvalue weighted by Crippen LogP contribution is 2.40. The largest absolute Gasteiger partial charge is 0.319 e. The fourth-order valence-electron chi connectivity index (χ4n) is 1.79. The predicted molar refractivity (Wildman–Crippen MR) is 45.0 cm³/mol. The lowest BCUT2D eigenvalue weighted by molar-refractivity contribution is 0.121.